The Hall–Kier alpha value is -1.00. The number of rotatable bonds is 1. The van der Waals surface area contributed by atoms with Crippen molar-refractivity contribution in [2.24, 2.45) is 7.05 Å². The third-order valence-corrected chi connectivity index (χ3v) is 3.44. The summed E-state index contributed by atoms with van der Waals surface area (Å²) in [6, 6.07) is 5.57. The minimum Gasteiger partial charge on any atom is -0.383 e. The second-order valence-corrected chi connectivity index (χ2v) is 4.87. The Morgan fingerprint density at radius 1 is 1.44 bits per heavy atom. The molecule has 2 N–H and O–H groups in total. The van der Waals surface area contributed by atoms with Gasteiger partial charge in [0.25, 0.3) is 0 Å². The minimum absolute atomic E-state index is 0.653. The molecule has 5 heteroatoms. The zero-order valence-corrected chi connectivity index (χ0v) is 11.3. The van der Waals surface area contributed by atoms with Gasteiger partial charge in [-0.25, -0.2) is 4.98 Å². The molecular weight excluding hydrogens is 289 g/mol. The molecule has 0 radical (unpaired) electrons. The maximum atomic E-state index is 5.99. The molecule has 0 atom stereocenters. The van der Waals surface area contributed by atoms with E-state index in [1.807, 2.05) is 36.7 Å². The van der Waals surface area contributed by atoms with E-state index in [1.54, 1.807) is 0 Å². The maximum Gasteiger partial charge on any atom is 0.131 e. The number of nitrogen functional groups attached to an aromatic ring is 1. The van der Waals surface area contributed by atoms with Crippen LogP contribution in [0.4, 0.5) is 5.82 Å². The molecule has 0 fully saturated rings. The topological polar surface area (TPSA) is 43.8 Å². The van der Waals surface area contributed by atoms with Crippen molar-refractivity contribution in [3.8, 4) is 11.3 Å². The van der Waals surface area contributed by atoms with Gasteiger partial charge in [0.2, 0.25) is 0 Å². The smallest absolute Gasteiger partial charge is 0.131 e. The van der Waals surface area contributed by atoms with Crippen LogP contribution in [0.5, 0.6) is 0 Å². The van der Waals surface area contributed by atoms with Crippen molar-refractivity contribution < 1.29 is 0 Å². The SMILES string of the molecule is Cc1nc(-c2ccc(Cl)cc2Br)c(N)n1C. The third kappa shape index (κ3) is 1.83. The van der Waals surface area contributed by atoms with E-state index in [1.165, 1.54) is 0 Å². The average Bonchev–Trinajstić information content (AvgIpc) is 2.46. The summed E-state index contributed by atoms with van der Waals surface area (Å²) in [5.41, 5.74) is 7.72. The highest BCUT2D eigenvalue weighted by Gasteiger charge is 2.13. The number of aryl methyl sites for hydroxylation is 1. The van der Waals surface area contributed by atoms with E-state index in [4.69, 9.17) is 17.3 Å². The lowest BCUT2D eigenvalue weighted by Crippen LogP contribution is -1.98. The van der Waals surface area contributed by atoms with Gasteiger partial charge in [0, 0.05) is 22.1 Å². The first-order valence-electron chi connectivity index (χ1n) is 4.75. The molecule has 0 spiro atoms. The first kappa shape index (κ1) is 11.5. The van der Waals surface area contributed by atoms with E-state index >= 15 is 0 Å². The zero-order chi connectivity index (χ0) is 11.9. The summed E-state index contributed by atoms with van der Waals surface area (Å²) >= 11 is 9.36. The summed E-state index contributed by atoms with van der Waals surface area (Å²) in [4.78, 5) is 4.44. The molecule has 0 aliphatic carbocycles. The second-order valence-electron chi connectivity index (χ2n) is 3.58. The van der Waals surface area contributed by atoms with Gasteiger partial charge >= 0.3 is 0 Å². The number of hydrogen-bond acceptors (Lipinski definition) is 2. The van der Waals surface area contributed by atoms with Gasteiger partial charge in [-0.1, -0.05) is 33.6 Å². The lowest BCUT2D eigenvalue weighted by Gasteiger charge is -2.03. The van der Waals surface area contributed by atoms with E-state index in [0.29, 0.717) is 10.8 Å². The summed E-state index contributed by atoms with van der Waals surface area (Å²) in [5.74, 6) is 1.54. The molecule has 1 heterocycles. The van der Waals surface area contributed by atoms with Crippen molar-refractivity contribution in [3.63, 3.8) is 0 Å². The van der Waals surface area contributed by atoms with E-state index in [0.717, 1.165) is 21.6 Å². The Bertz CT molecular complexity index is 548. The molecule has 0 amide bonds. The Kier molecular flexibility index (Phi) is 2.95. The van der Waals surface area contributed by atoms with Crippen molar-refractivity contribution in [2.75, 3.05) is 5.73 Å². The summed E-state index contributed by atoms with van der Waals surface area (Å²) in [6.45, 7) is 1.92. The molecule has 0 aliphatic heterocycles. The van der Waals surface area contributed by atoms with Crippen molar-refractivity contribution in [1.29, 1.82) is 0 Å². The lowest BCUT2D eigenvalue weighted by molar-refractivity contribution is 0.868. The zero-order valence-electron chi connectivity index (χ0n) is 8.96. The summed E-state index contributed by atoms with van der Waals surface area (Å²) in [5, 5.41) is 0.682. The lowest BCUT2D eigenvalue weighted by atomic mass is 10.1. The Labute approximate surface area is 107 Å². The molecule has 0 saturated heterocycles. The summed E-state index contributed by atoms with van der Waals surface area (Å²) in [7, 11) is 1.89. The van der Waals surface area contributed by atoms with Gasteiger partial charge in [0.1, 0.15) is 17.3 Å². The molecule has 0 saturated carbocycles. The molecule has 0 bridgehead atoms. The molecule has 3 nitrogen and oxygen atoms in total. The van der Waals surface area contributed by atoms with Crippen LogP contribution in [0, 0.1) is 6.92 Å². The van der Waals surface area contributed by atoms with Crippen molar-refractivity contribution >= 4 is 33.3 Å². The van der Waals surface area contributed by atoms with Crippen LogP contribution in [0.3, 0.4) is 0 Å². The van der Waals surface area contributed by atoms with Crippen LogP contribution in [-0.2, 0) is 7.05 Å². The number of nitrogens with zero attached hydrogens (tertiary/aromatic N) is 2. The standard InChI is InChI=1S/C11H11BrClN3/c1-6-15-10(11(14)16(6)2)8-4-3-7(13)5-9(8)12/h3-5H,14H2,1-2H3. The van der Waals surface area contributed by atoms with E-state index in [9.17, 15) is 0 Å². The van der Waals surface area contributed by atoms with Crippen molar-refractivity contribution in [3.05, 3.63) is 33.5 Å². The normalized spacial score (nSPS) is 10.8. The molecule has 16 heavy (non-hydrogen) atoms. The molecular formula is C11H11BrClN3. The average molecular weight is 301 g/mol. The van der Waals surface area contributed by atoms with E-state index in [-0.39, 0.29) is 0 Å². The van der Waals surface area contributed by atoms with Crippen LogP contribution in [0.2, 0.25) is 5.02 Å². The Balaban J connectivity index is 2.63. The van der Waals surface area contributed by atoms with Crippen LogP contribution >= 0.6 is 27.5 Å². The number of halogens is 2. The van der Waals surface area contributed by atoms with E-state index in [2.05, 4.69) is 20.9 Å². The second kappa shape index (κ2) is 4.11. The van der Waals surface area contributed by atoms with Gasteiger partial charge in [0.05, 0.1) is 0 Å². The molecule has 2 aromatic rings. The largest absolute Gasteiger partial charge is 0.383 e. The summed E-state index contributed by atoms with van der Waals surface area (Å²) in [6.07, 6.45) is 0. The fraction of sp³-hybridized carbons (Fsp3) is 0.182. The van der Waals surface area contributed by atoms with Gasteiger partial charge in [0.15, 0.2) is 0 Å². The monoisotopic (exact) mass is 299 g/mol. The fourth-order valence-corrected chi connectivity index (χ4v) is 2.38. The number of imidazole rings is 1. The summed E-state index contributed by atoms with van der Waals surface area (Å²) < 4.78 is 2.75. The quantitative estimate of drug-likeness (QED) is 0.877. The number of anilines is 1. The van der Waals surface area contributed by atoms with Crippen LogP contribution in [0.1, 0.15) is 5.82 Å². The van der Waals surface area contributed by atoms with Gasteiger partial charge < -0.3 is 10.3 Å². The Morgan fingerprint density at radius 3 is 2.62 bits per heavy atom. The van der Waals surface area contributed by atoms with Gasteiger partial charge in [-0.05, 0) is 19.1 Å². The van der Waals surface area contributed by atoms with Gasteiger partial charge in [-0.3, -0.25) is 0 Å². The van der Waals surface area contributed by atoms with Crippen LogP contribution in [0.25, 0.3) is 11.3 Å². The highest BCUT2D eigenvalue weighted by atomic mass is 79.9. The predicted octanol–water partition coefficient (Wildman–Crippen LogP) is 3.39. The first-order chi connectivity index (χ1) is 7.50. The van der Waals surface area contributed by atoms with Crippen molar-refractivity contribution in [1.82, 2.24) is 9.55 Å². The Morgan fingerprint density at radius 2 is 2.12 bits per heavy atom. The first-order valence-corrected chi connectivity index (χ1v) is 5.92. The predicted molar refractivity (Wildman–Crippen MR) is 70.5 cm³/mol. The highest BCUT2D eigenvalue weighted by Crippen LogP contribution is 2.33. The van der Waals surface area contributed by atoms with Crippen LogP contribution in [0.15, 0.2) is 22.7 Å². The molecule has 0 aliphatic rings. The third-order valence-electron chi connectivity index (χ3n) is 2.55. The molecule has 2 rings (SSSR count). The number of hydrogen-bond donors (Lipinski definition) is 1. The number of aromatic nitrogens is 2. The fourth-order valence-electron chi connectivity index (χ4n) is 1.51. The van der Waals surface area contributed by atoms with E-state index < -0.39 is 0 Å². The molecule has 1 aromatic carbocycles. The molecule has 0 unspecified atom stereocenters. The van der Waals surface area contributed by atoms with Crippen LogP contribution < -0.4 is 5.73 Å². The molecule has 1 aromatic heterocycles. The van der Waals surface area contributed by atoms with Crippen molar-refractivity contribution in [2.45, 2.75) is 6.92 Å². The molecule has 84 valence electrons. The minimum atomic E-state index is 0.653. The number of benzene rings is 1. The van der Waals surface area contributed by atoms with Gasteiger partial charge in [-0.15, -0.1) is 0 Å². The van der Waals surface area contributed by atoms with Gasteiger partial charge in [-0.2, -0.15) is 0 Å². The van der Waals surface area contributed by atoms with Crippen LogP contribution in [-0.4, -0.2) is 9.55 Å². The maximum absolute atomic E-state index is 5.99. The number of nitrogens with two attached hydrogens (primary N) is 1. The highest BCUT2D eigenvalue weighted by molar-refractivity contribution is 9.10.